The standard InChI is InChI=1S/C17H12ClNOS2/c1-11-5-7-12(8-6-11)9-15-16(20)19(17(21)22-15)14-4-2-3-13(18)10-14/h2-10H,1H3/b15-9-. The second-order valence-corrected chi connectivity index (χ2v) is 7.02. The first-order valence-electron chi connectivity index (χ1n) is 6.65. The summed E-state index contributed by atoms with van der Waals surface area (Å²) in [6.07, 6.45) is 1.86. The number of carbonyl (C=O) groups is 1. The van der Waals surface area contributed by atoms with Crippen molar-refractivity contribution in [2.24, 2.45) is 0 Å². The minimum Gasteiger partial charge on any atom is -0.268 e. The summed E-state index contributed by atoms with van der Waals surface area (Å²) in [5.74, 6) is -0.113. The van der Waals surface area contributed by atoms with Crippen LogP contribution in [-0.4, -0.2) is 10.2 Å². The van der Waals surface area contributed by atoms with Crippen LogP contribution < -0.4 is 4.90 Å². The summed E-state index contributed by atoms with van der Waals surface area (Å²) in [6, 6.07) is 15.1. The number of thiocarbonyl (C=S) groups is 1. The maximum atomic E-state index is 12.6. The first-order valence-corrected chi connectivity index (χ1v) is 8.25. The van der Waals surface area contributed by atoms with Crippen molar-refractivity contribution < 1.29 is 4.79 Å². The molecule has 0 aliphatic carbocycles. The predicted octanol–water partition coefficient (Wildman–Crippen LogP) is 5.05. The van der Waals surface area contributed by atoms with E-state index in [9.17, 15) is 4.79 Å². The number of thioether (sulfide) groups is 1. The number of nitrogens with zero attached hydrogens (tertiary/aromatic N) is 1. The molecule has 0 N–H and O–H groups in total. The van der Waals surface area contributed by atoms with Gasteiger partial charge in [-0.3, -0.25) is 9.69 Å². The van der Waals surface area contributed by atoms with E-state index in [1.807, 2.05) is 43.3 Å². The lowest BCUT2D eigenvalue weighted by atomic mass is 10.1. The van der Waals surface area contributed by atoms with Crippen molar-refractivity contribution in [3.05, 3.63) is 69.6 Å². The van der Waals surface area contributed by atoms with Gasteiger partial charge in [0.05, 0.1) is 10.6 Å². The van der Waals surface area contributed by atoms with Crippen molar-refractivity contribution in [3.8, 4) is 0 Å². The summed E-state index contributed by atoms with van der Waals surface area (Å²) in [4.78, 5) is 14.7. The van der Waals surface area contributed by atoms with Crippen molar-refractivity contribution in [2.45, 2.75) is 6.92 Å². The molecular weight excluding hydrogens is 334 g/mol. The number of hydrogen-bond donors (Lipinski definition) is 0. The van der Waals surface area contributed by atoms with Crippen LogP contribution in [0.3, 0.4) is 0 Å². The molecule has 1 amide bonds. The van der Waals surface area contributed by atoms with E-state index in [2.05, 4.69) is 0 Å². The Morgan fingerprint density at radius 2 is 1.91 bits per heavy atom. The average molecular weight is 346 g/mol. The number of anilines is 1. The van der Waals surface area contributed by atoms with Crippen LogP contribution in [0.2, 0.25) is 5.02 Å². The Hall–Kier alpha value is -1.62. The number of hydrogen-bond acceptors (Lipinski definition) is 3. The molecule has 1 heterocycles. The van der Waals surface area contributed by atoms with Gasteiger partial charge in [0.15, 0.2) is 4.32 Å². The molecule has 110 valence electrons. The van der Waals surface area contributed by atoms with Crippen LogP contribution in [0.4, 0.5) is 5.69 Å². The van der Waals surface area contributed by atoms with Gasteiger partial charge in [0, 0.05) is 5.02 Å². The van der Waals surface area contributed by atoms with Crippen LogP contribution in [0.15, 0.2) is 53.4 Å². The van der Waals surface area contributed by atoms with Gasteiger partial charge in [0.25, 0.3) is 5.91 Å². The number of halogens is 1. The largest absolute Gasteiger partial charge is 0.270 e. The third kappa shape index (κ3) is 3.09. The molecule has 22 heavy (non-hydrogen) atoms. The van der Waals surface area contributed by atoms with Crippen molar-refractivity contribution in [2.75, 3.05) is 4.90 Å². The maximum Gasteiger partial charge on any atom is 0.270 e. The van der Waals surface area contributed by atoms with Crippen LogP contribution in [0.1, 0.15) is 11.1 Å². The summed E-state index contributed by atoms with van der Waals surface area (Å²) in [7, 11) is 0. The Morgan fingerprint density at radius 3 is 2.59 bits per heavy atom. The second-order valence-electron chi connectivity index (χ2n) is 4.91. The van der Waals surface area contributed by atoms with E-state index in [1.165, 1.54) is 22.2 Å². The van der Waals surface area contributed by atoms with Crippen molar-refractivity contribution in [1.29, 1.82) is 0 Å². The highest BCUT2D eigenvalue weighted by molar-refractivity contribution is 8.27. The monoisotopic (exact) mass is 345 g/mol. The number of amides is 1. The highest BCUT2D eigenvalue weighted by Gasteiger charge is 2.33. The highest BCUT2D eigenvalue weighted by Crippen LogP contribution is 2.36. The van der Waals surface area contributed by atoms with Crippen LogP contribution >= 0.6 is 35.6 Å². The van der Waals surface area contributed by atoms with Crippen molar-refractivity contribution in [3.63, 3.8) is 0 Å². The molecule has 3 rings (SSSR count). The minimum absolute atomic E-state index is 0.113. The number of benzene rings is 2. The molecular formula is C17H12ClNOS2. The minimum atomic E-state index is -0.113. The summed E-state index contributed by atoms with van der Waals surface area (Å²) in [5.41, 5.74) is 2.86. The average Bonchev–Trinajstić information content (AvgIpc) is 2.76. The normalized spacial score (nSPS) is 16.6. The van der Waals surface area contributed by atoms with Gasteiger partial charge in [-0.15, -0.1) is 0 Å². The molecule has 0 atom stereocenters. The van der Waals surface area contributed by atoms with Crippen LogP contribution in [0.25, 0.3) is 6.08 Å². The Bertz CT molecular complexity index is 784. The number of carbonyl (C=O) groups excluding carboxylic acids is 1. The van der Waals surface area contributed by atoms with Gasteiger partial charge >= 0.3 is 0 Å². The van der Waals surface area contributed by atoms with Gasteiger partial charge in [0.1, 0.15) is 0 Å². The Morgan fingerprint density at radius 1 is 1.18 bits per heavy atom. The lowest BCUT2D eigenvalue weighted by molar-refractivity contribution is -0.113. The zero-order chi connectivity index (χ0) is 15.7. The SMILES string of the molecule is Cc1ccc(/C=C2\SC(=S)N(c3cccc(Cl)c3)C2=O)cc1. The third-order valence-corrected chi connectivity index (χ3v) is 4.77. The summed E-state index contributed by atoms with van der Waals surface area (Å²) >= 11 is 12.6. The zero-order valence-corrected chi connectivity index (χ0v) is 14.1. The van der Waals surface area contributed by atoms with E-state index >= 15 is 0 Å². The van der Waals surface area contributed by atoms with E-state index in [1.54, 1.807) is 18.2 Å². The fourth-order valence-electron chi connectivity index (χ4n) is 2.12. The van der Waals surface area contributed by atoms with Gasteiger partial charge in [-0.2, -0.15) is 0 Å². The molecule has 0 aromatic heterocycles. The molecule has 0 saturated carbocycles. The molecule has 1 aliphatic heterocycles. The molecule has 2 aromatic rings. The van der Waals surface area contributed by atoms with Gasteiger partial charge in [0.2, 0.25) is 0 Å². The lowest BCUT2D eigenvalue weighted by Crippen LogP contribution is -2.27. The van der Waals surface area contributed by atoms with Crippen LogP contribution in [-0.2, 0) is 4.79 Å². The highest BCUT2D eigenvalue weighted by atomic mass is 35.5. The van der Waals surface area contributed by atoms with Crippen molar-refractivity contribution in [1.82, 2.24) is 0 Å². The molecule has 5 heteroatoms. The summed E-state index contributed by atoms with van der Waals surface area (Å²) < 4.78 is 0.519. The quantitative estimate of drug-likeness (QED) is 0.561. The molecule has 2 aromatic carbocycles. The van der Waals surface area contributed by atoms with Gasteiger partial charge in [-0.1, -0.05) is 71.5 Å². The van der Waals surface area contributed by atoms with E-state index in [0.717, 1.165) is 5.56 Å². The topological polar surface area (TPSA) is 20.3 Å². The molecule has 0 bridgehead atoms. The lowest BCUT2D eigenvalue weighted by Gasteiger charge is -2.14. The summed E-state index contributed by atoms with van der Waals surface area (Å²) in [5, 5.41) is 0.578. The third-order valence-electron chi connectivity index (χ3n) is 3.24. The van der Waals surface area contributed by atoms with Gasteiger partial charge < -0.3 is 0 Å². The second kappa shape index (κ2) is 6.24. The van der Waals surface area contributed by atoms with Gasteiger partial charge in [-0.05, 0) is 36.8 Å². The van der Waals surface area contributed by atoms with Gasteiger partial charge in [-0.25, -0.2) is 0 Å². The fourth-order valence-corrected chi connectivity index (χ4v) is 3.60. The molecule has 1 aliphatic rings. The van der Waals surface area contributed by atoms with E-state index in [4.69, 9.17) is 23.8 Å². The number of rotatable bonds is 2. The van der Waals surface area contributed by atoms with E-state index < -0.39 is 0 Å². The maximum absolute atomic E-state index is 12.6. The first kappa shape index (κ1) is 15.3. The smallest absolute Gasteiger partial charge is 0.268 e. The molecule has 0 spiro atoms. The summed E-state index contributed by atoms with van der Waals surface area (Å²) in [6.45, 7) is 2.03. The molecule has 0 radical (unpaired) electrons. The van der Waals surface area contributed by atoms with Crippen molar-refractivity contribution >= 4 is 57.6 Å². The zero-order valence-electron chi connectivity index (χ0n) is 11.7. The molecule has 0 unspecified atom stereocenters. The number of aryl methyl sites for hydroxylation is 1. The molecule has 1 fully saturated rings. The fraction of sp³-hybridized carbons (Fsp3) is 0.0588. The Labute approximate surface area is 143 Å². The van der Waals surface area contributed by atoms with Crippen LogP contribution in [0.5, 0.6) is 0 Å². The first-order chi connectivity index (χ1) is 10.5. The molecule has 2 nitrogen and oxygen atoms in total. The Kier molecular flexibility index (Phi) is 4.34. The predicted molar refractivity (Wildman–Crippen MR) is 98.3 cm³/mol. The molecule has 1 saturated heterocycles. The van der Waals surface area contributed by atoms with Crippen LogP contribution in [0, 0.1) is 6.92 Å². The van der Waals surface area contributed by atoms with E-state index in [0.29, 0.717) is 19.9 Å². The Balaban J connectivity index is 1.93. The van der Waals surface area contributed by atoms with E-state index in [-0.39, 0.29) is 5.91 Å².